The Kier molecular flexibility index (Phi) is 18.4. The highest BCUT2D eigenvalue weighted by atomic mass is 16.5. The van der Waals surface area contributed by atoms with Gasteiger partial charge in [0.2, 0.25) is 0 Å². The minimum absolute atomic E-state index is 0.0927. The van der Waals surface area contributed by atoms with Crippen molar-refractivity contribution in [3.8, 4) is 0 Å². The van der Waals surface area contributed by atoms with E-state index in [-0.39, 0.29) is 5.97 Å². The van der Waals surface area contributed by atoms with Gasteiger partial charge in [-0.15, -0.1) is 0 Å². The predicted molar refractivity (Wildman–Crippen MR) is 105 cm³/mol. The van der Waals surface area contributed by atoms with Crippen LogP contribution in [0.3, 0.4) is 0 Å². The zero-order chi connectivity index (χ0) is 17.9. The molecule has 0 aromatic carbocycles. The first-order chi connectivity index (χ1) is 11.7. The zero-order valence-electron chi connectivity index (χ0n) is 16.6. The number of ether oxygens (including phenoxy) is 1. The summed E-state index contributed by atoms with van der Waals surface area (Å²) in [5.74, 6) is 0.781. The van der Waals surface area contributed by atoms with Crippen LogP contribution in [0.15, 0.2) is 0 Å². The van der Waals surface area contributed by atoms with Crippen LogP contribution in [0.5, 0.6) is 0 Å². The van der Waals surface area contributed by atoms with Crippen molar-refractivity contribution >= 4 is 5.97 Å². The van der Waals surface area contributed by atoms with Gasteiger partial charge in [0, 0.05) is 6.42 Å². The van der Waals surface area contributed by atoms with Crippen LogP contribution in [0, 0.1) is 12.8 Å². The molecule has 0 heterocycles. The van der Waals surface area contributed by atoms with Gasteiger partial charge in [-0.3, -0.25) is 4.79 Å². The van der Waals surface area contributed by atoms with E-state index in [1.807, 2.05) is 0 Å². The number of carbonyl (C=O) groups excluding carboxylic acids is 1. The van der Waals surface area contributed by atoms with E-state index in [1.54, 1.807) is 0 Å². The summed E-state index contributed by atoms with van der Waals surface area (Å²) < 4.78 is 5.12. The molecule has 0 unspecified atom stereocenters. The third kappa shape index (κ3) is 19.5. The van der Waals surface area contributed by atoms with Crippen LogP contribution in [0.25, 0.3) is 0 Å². The number of carbonyl (C=O) groups is 1. The minimum atomic E-state index is -0.0927. The van der Waals surface area contributed by atoms with E-state index >= 15 is 0 Å². The first kappa shape index (κ1) is 23.5. The van der Waals surface area contributed by atoms with Crippen molar-refractivity contribution < 1.29 is 9.53 Å². The number of hydrogen-bond donors (Lipinski definition) is 0. The molecule has 0 atom stereocenters. The molecule has 0 fully saturated rings. The third-order valence-electron chi connectivity index (χ3n) is 4.57. The molecule has 0 amide bonds. The highest BCUT2D eigenvalue weighted by molar-refractivity contribution is 5.69. The summed E-state index contributed by atoms with van der Waals surface area (Å²) in [6, 6.07) is 0. The molecule has 0 aliphatic carbocycles. The Hall–Kier alpha value is -0.530. The molecule has 0 saturated heterocycles. The molecule has 0 spiro atoms. The van der Waals surface area contributed by atoms with Gasteiger partial charge in [0.1, 0.15) is 0 Å². The van der Waals surface area contributed by atoms with E-state index in [0.717, 1.165) is 12.3 Å². The van der Waals surface area contributed by atoms with Crippen molar-refractivity contribution in [2.75, 3.05) is 6.61 Å². The monoisotopic (exact) mass is 339 g/mol. The van der Waals surface area contributed by atoms with Crippen LogP contribution in [-0.2, 0) is 9.53 Å². The van der Waals surface area contributed by atoms with Gasteiger partial charge in [-0.05, 0) is 18.8 Å². The average molecular weight is 340 g/mol. The Bertz CT molecular complexity index is 261. The average Bonchev–Trinajstić information content (AvgIpc) is 2.54. The fourth-order valence-corrected chi connectivity index (χ4v) is 3.00. The second-order valence-corrected chi connectivity index (χ2v) is 7.60. The predicted octanol–water partition coefficient (Wildman–Crippen LogP) is 7.26. The van der Waals surface area contributed by atoms with Crippen molar-refractivity contribution in [2.45, 2.75) is 117 Å². The van der Waals surface area contributed by atoms with Gasteiger partial charge >= 0.3 is 5.97 Å². The molecular formula is C22H43O2. The van der Waals surface area contributed by atoms with Gasteiger partial charge < -0.3 is 4.74 Å². The number of unbranched alkanes of at least 4 members (excludes halogenated alkanes) is 12. The van der Waals surface area contributed by atoms with Crippen molar-refractivity contribution in [1.82, 2.24) is 0 Å². The molecule has 2 nitrogen and oxygen atoms in total. The van der Waals surface area contributed by atoms with E-state index in [2.05, 4.69) is 20.8 Å². The van der Waals surface area contributed by atoms with Crippen LogP contribution in [0.4, 0.5) is 0 Å². The van der Waals surface area contributed by atoms with E-state index in [4.69, 9.17) is 4.74 Å². The second kappa shape index (κ2) is 18.8. The van der Waals surface area contributed by atoms with E-state index < -0.39 is 0 Å². The molecule has 143 valence electrons. The van der Waals surface area contributed by atoms with Crippen LogP contribution in [0.1, 0.15) is 117 Å². The maximum atomic E-state index is 11.1. The lowest BCUT2D eigenvalue weighted by Crippen LogP contribution is -2.04. The minimum Gasteiger partial charge on any atom is -0.466 e. The van der Waals surface area contributed by atoms with Gasteiger partial charge in [-0.2, -0.15) is 0 Å². The highest BCUT2D eigenvalue weighted by Crippen LogP contribution is 2.14. The van der Waals surface area contributed by atoms with E-state index in [0.29, 0.717) is 19.4 Å². The van der Waals surface area contributed by atoms with Crippen molar-refractivity contribution in [2.24, 2.45) is 5.92 Å². The van der Waals surface area contributed by atoms with Crippen LogP contribution >= 0.6 is 0 Å². The normalized spacial score (nSPS) is 11.2. The lowest BCUT2D eigenvalue weighted by Gasteiger charge is -2.05. The Labute approximate surface area is 152 Å². The lowest BCUT2D eigenvalue weighted by atomic mass is 10.0. The molecule has 0 bridgehead atoms. The maximum absolute atomic E-state index is 11.1. The highest BCUT2D eigenvalue weighted by Gasteiger charge is 2.00. The summed E-state index contributed by atoms with van der Waals surface area (Å²) in [6.07, 6.45) is 20.1. The number of hydrogen-bond acceptors (Lipinski definition) is 2. The Morgan fingerprint density at radius 1 is 0.750 bits per heavy atom. The molecule has 0 rings (SSSR count). The SMILES string of the molecule is [CH2]CCC(=O)OCCCCCCCCCCCCCCCC(C)C. The van der Waals surface area contributed by atoms with Gasteiger partial charge in [0.15, 0.2) is 0 Å². The third-order valence-corrected chi connectivity index (χ3v) is 4.57. The summed E-state index contributed by atoms with van der Waals surface area (Å²) in [5.41, 5.74) is 0. The van der Waals surface area contributed by atoms with Crippen molar-refractivity contribution in [3.63, 3.8) is 0 Å². The smallest absolute Gasteiger partial charge is 0.305 e. The molecule has 0 N–H and O–H groups in total. The molecule has 0 saturated carbocycles. The van der Waals surface area contributed by atoms with Crippen molar-refractivity contribution in [1.29, 1.82) is 0 Å². The van der Waals surface area contributed by atoms with Gasteiger partial charge in [-0.25, -0.2) is 0 Å². The van der Waals surface area contributed by atoms with Gasteiger partial charge in [0.25, 0.3) is 0 Å². The quantitative estimate of drug-likeness (QED) is 0.194. The fraction of sp³-hybridized carbons (Fsp3) is 0.909. The van der Waals surface area contributed by atoms with Crippen LogP contribution in [-0.4, -0.2) is 12.6 Å². The molecule has 0 aromatic rings. The zero-order valence-corrected chi connectivity index (χ0v) is 16.6. The topological polar surface area (TPSA) is 26.3 Å². The summed E-state index contributed by atoms with van der Waals surface area (Å²) in [7, 11) is 0. The molecular weight excluding hydrogens is 296 g/mol. The lowest BCUT2D eigenvalue weighted by molar-refractivity contribution is -0.143. The van der Waals surface area contributed by atoms with E-state index in [1.165, 1.54) is 83.5 Å². The summed E-state index contributed by atoms with van der Waals surface area (Å²) in [5, 5.41) is 0. The van der Waals surface area contributed by atoms with E-state index in [9.17, 15) is 4.79 Å². The maximum Gasteiger partial charge on any atom is 0.305 e. The molecule has 0 aromatic heterocycles. The number of esters is 1. The molecule has 24 heavy (non-hydrogen) atoms. The standard InChI is InChI=1S/C22H43O2/c1-4-18-22(23)24-20-17-15-13-11-9-7-5-6-8-10-12-14-16-19-21(2)3/h21H,1,4-20H2,2-3H3. The summed E-state index contributed by atoms with van der Waals surface area (Å²) in [6.45, 7) is 8.88. The number of rotatable bonds is 18. The molecule has 0 aliphatic rings. The van der Waals surface area contributed by atoms with Crippen LogP contribution in [0.2, 0.25) is 0 Å². The second-order valence-electron chi connectivity index (χ2n) is 7.60. The first-order valence-electron chi connectivity index (χ1n) is 10.6. The van der Waals surface area contributed by atoms with Crippen LogP contribution < -0.4 is 0 Å². The first-order valence-corrected chi connectivity index (χ1v) is 10.6. The van der Waals surface area contributed by atoms with Crippen molar-refractivity contribution in [3.05, 3.63) is 6.92 Å². The molecule has 2 heteroatoms. The largest absolute Gasteiger partial charge is 0.466 e. The Morgan fingerprint density at radius 2 is 1.17 bits per heavy atom. The summed E-state index contributed by atoms with van der Waals surface area (Å²) in [4.78, 5) is 11.1. The molecule has 0 aliphatic heterocycles. The fourth-order valence-electron chi connectivity index (χ4n) is 3.00. The van der Waals surface area contributed by atoms with Gasteiger partial charge in [-0.1, -0.05) is 104 Å². The Morgan fingerprint density at radius 3 is 1.58 bits per heavy atom. The Balaban J connectivity index is 3.04. The molecule has 1 radical (unpaired) electrons. The summed E-state index contributed by atoms with van der Waals surface area (Å²) >= 11 is 0. The van der Waals surface area contributed by atoms with Gasteiger partial charge in [0.05, 0.1) is 6.61 Å².